The van der Waals surface area contributed by atoms with Crippen molar-refractivity contribution in [1.29, 1.82) is 0 Å². The Labute approximate surface area is 164 Å². The molecule has 0 heterocycles. The summed E-state index contributed by atoms with van der Waals surface area (Å²) in [6.45, 7) is 4.21. The largest absolute Gasteiger partial charge is 0.376 e. The molecule has 3 unspecified atom stereocenters. The molecule has 2 nitrogen and oxygen atoms in total. The van der Waals surface area contributed by atoms with Crippen molar-refractivity contribution in [2.75, 3.05) is 7.11 Å². The number of methoxy groups -OCH3 is 1. The van der Waals surface area contributed by atoms with Crippen molar-refractivity contribution in [3.8, 4) is 0 Å². The summed E-state index contributed by atoms with van der Waals surface area (Å²) in [5, 5.41) is 0. The number of hydrogen-bond acceptors (Lipinski definition) is 2. The van der Waals surface area contributed by atoms with E-state index in [9.17, 15) is 4.79 Å². The Bertz CT molecular complexity index is 764. The van der Waals surface area contributed by atoms with E-state index in [1.807, 2.05) is 0 Å². The minimum Gasteiger partial charge on any atom is -0.376 e. The zero-order chi connectivity index (χ0) is 19.2. The molecule has 27 heavy (non-hydrogen) atoms. The van der Waals surface area contributed by atoms with E-state index in [-0.39, 0.29) is 17.9 Å². The normalized spacial score (nSPS) is 22.1. The zero-order valence-corrected chi connectivity index (χ0v) is 16.9. The number of carbonyl (C=O) groups excluding carboxylic acids is 1. The molecule has 0 aromatic heterocycles. The van der Waals surface area contributed by atoms with Gasteiger partial charge in [0.25, 0.3) is 0 Å². The zero-order valence-electron chi connectivity index (χ0n) is 16.9. The quantitative estimate of drug-likeness (QED) is 0.650. The van der Waals surface area contributed by atoms with Gasteiger partial charge >= 0.3 is 0 Å². The highest BCUT2D eigenvalue weighted by molar-refractivity contribution is 5.84. The molecule has 0 aliphatic heterocycles. The van der Waals surface area contributed by atoms with Crippen LogP contribution in [0.15, 0.2) is 48.5 Å². The molecule has 0 saturated heterocycles. The van der Waals surface area contributed by atoms with Crippen LogP contribution in [0.2, 0.25) is 0 Å². The minimum atomic E-state index is -0.143. The first-order chi connectivity index (χ1) is 13.1. The summed E-state index contributed by atoms with van der Waals surface area (Å²) in [7, 11) is 1.74. The molecule has 0 spiro atoms. The highest BCUT2D eigenvalue weighted by Gasteiger charge is 2.34. The van der Waals surface area contributed by atoms with E-state index in [1.54, 1.807) is 7.11 Å². The van der Waals surface area contributed by atoms with Gasteiger partial charge in [-0.25, -0.2) is 0 Å². The topological polar surface area (TPSA) is 26.3 Å². The van der Waals surface area contributed by atoms with Gasteiger partial charge in [-0.3, -0.25) is 4.79 Å². The van der Waals surface area contributed by atoms with E-state index in [2.05, 4.69) is 62.4 Å². The summed E-state index contributed by atoms with van der Waals surface area (Å²) in [4.78, 5) is 13.6. The standard InChI is InChI=1S/C25H32O2/c1-18-9-7-11-20(15-18)17-21-12-5-4-6-14-23(24(21)26)25(27-3)22-13-8-10-19(2)16-22/h7-11,13,15-16,21,23,25H,4-6,12,14,17H2,1-3H3. The Morgan fingerprint density at radius 3 is 2.37 bits per heavy atom. The van der Waals surface area contributed by atoms with Crippen LogP contribution in [-0.2, 0) is 16.0 Å². The fourth-order valence-corrected chi connectivity index (χ4v) is 4.53. The maximum absolute atomic E-state index is 13.6. The number of benzene rings is 2. The second kappa shape index (κ2) is 9.32. The molecular formula is C25H32O2. The van der Waals surface area contributed by atoms with Crippen molar-refractivity contribution in [3.05, 3.63) is 70.8 Å². The number of Topliss-reactive ketones (excluding diaryl/α,β-unsaturated/α-hetero) is 1. The van der Waals surface area contributed by atoms with Crippen molar-refractivity contribution < 1.29 is 9.53 Å². The summed E-state index contributed by atoms with van der Waals surface area (Å²) in [5.41, 5.74) is 4.88. The van der Waals surface area contributed by atoms with E-state index in [0.717, 1.165) is 37.7 Å². The smallest absolute Gasteiger partial charge is 0.142 e. The number of ketones is 1. The average Bonchev–Trinajstić information content (AvgIpc) is 2.64. The maximum atomic E-state index is 13.6. The molecular weight excluding hydrogens is 332 g/mol. The summed E-state index contributed by atoms with van der Waals surface area (Å²) in [5.74, 6) is 0.441. The van der Waals surface area contributed by atoms with E-state index in [4.69, 9.17) is 4.74 Å². The third-order valence-corrected chi connectivity index (χ3v) is 5.89. The number of hydrogen-bond donors (Lipinski definition) is 0. The number of rotatable bonds is 5. The van der Waals surface area contributed by atoms with Gasteiger partial charge < -0.3 is 4.74 Å². The predicted octanol–water partition coefficient (Wildman–Crippen LogP) is 6.00. The molecule has 2 aromatic carbocycles. The molecule has 0 N–H and O–H groups in total. The third kappa shape index (κ3) is 5.07. The summed E-state index contributed by atoms with van der Waals surface area (Å²) < 4.78 is 5.89. The van der Waals surface area contributed by atoms with Crippen LogP contribution in [0, 0.1) is 25.7 Å². The molecule has 0 amide bonds. The average molecular weight is 365 g/mol. The Kier molecular flexibility index (Phi) is 6.84. The fraction of sp³-hybridized carbons (Fsp3) is 0.480. The second-order valence-electron chi connectivity index (χ2n) is 8.11. The second-order valence-corrected chi connectivity index (χ2v) is 8.11. The first-order valence-corrected chi connectivity index (χ1v) is 10.3. The minimum absolute atomic E-state index is 0.0492. The lowest BCUT2D eigenvalue weighted by atomic mass is 9.76. The van der Waals surface area contributed by atoms with Gasteiger partial charge in [0, 0.05) is 18.9 Å². The molecule has 2 aromatic rings. The van der Waals surface area contributed by atoms with Gasteiger partial charge in [-0.1, -0.05) is 78.9 Å². The van der Waals surface area contributed by atoms with Crippen molar-refractivity contribution in [3.63, 3.8) is 0 Å². The van der Waals surface area contributed by atoms with Crippen molar-refractivity contribution in [2.24, 2.45) is 11.8 Å². The van der Waals surface area contributed by atoms with E-state index >= 15 is 0 Å². The lowest BCUT2D eigenvalue weighted by molar-refractivity contribution is -0.132. The Morgan fingerprint density at radius 1 is 0.963 bits per heavy atom. The Hall–Kier alpha value is -1.93. The van der Waals surface area contributed by atoms with Crippen molar-refractivity contribution in [2.45, 2.75) is 58.5 Å². The molecule has 1 aliphatic rings. The Balaban J connectivity index is 1.85. The van der Waals surface area contributed by atoms with Crippen LogP contribution in [0.3, 0.4) is 0 Å². The van der Waals surface area contributed by atoms with Crippen LogP contribution >= 0.6 is 0 Å². The van der Waals surface area contributed by atoms with Crippen LogP contribution in [0.25, 0.3) is 0 Å². The molecule has 3 rings (SSSR count). The number of ether oxygens (including phenoxy) is 1. The van der Waals surface area contributed by atoms with Crippen LogP contribution in [0.4, 0.5) is 0 Å². The van der Waals surface area contributed by atoms with Crippen molar-refractivity contribution >= 4 is 5.78 Å². The van der Waals surface area contributed by atoms with Crippen molar-refractivity contribution in [1.82, 2.24) is 0 Å². The lowest BCUT2D eigenvalue weighted by Crippen LogP contribution is -2.32. The van der Waals surface area contributed by atoms with Gasteiger partial charge in [0.15, 0.2) is 0 Å². The number of aryl methyl sites for hydroxylation is 2. The van der Waals surface area contributed by atoms with Gasteiger partial charge in [0.1, 0.15) is 5.78 Å². The number of carbonyl (C=O) groups is 1. The van der Waals surface area contributed by atoms with Gasteiger partial charge in [-0.15, -0.1) is 0 Å². The van der Waals surface area contributed by atoms with Crippen LogP contribution in [0.1, 0.15) is 60.5 Å². The SMILES string of the molecule is COC(c1cccc(C)c1)C1CCCCCC(Cc2cccc(C)c2)C1=O. The molecule has 0 bridgehead atoms. The van der Waals surface area contributed by atoms with E-state index in [1.165, 1.54) is 23.1 Å². The summed E-state index contributed by atoms with van der Waals surface area (Å²) >= 11 is 0. The van der Waals surface area contributed by atoms with Gasteiger partial charge in [-0.05, 0) is 44.2 Å². The molecule has 144 valence electrons. The van der Waals surface area contributed by atoms with Gasteiger partial charge in [0.05, 0.1) is 6.10 Å². The van der Waals surface area contributed by atoms with Crippen LogP contribution in [-0.4, -0.2) is 12.9 Å². The fourth-order valence-electron chi connectivity index (χ4n) is 4.53. The summed E-state index contributed by atoms with van der Waals surface area (Å²) in [6, 6.07) is 17.0. The van der Waals surface area contributed by atoms with E-state index < -0.39 is 0 Å². The third-order valence-electron chi connectivity index (χ3n) is 5.89. The highest BCUT2D eigenvalue weighted by atomic mass is 16.5. The molecule has 3 atom stereocenters. The first kappa shape index (κ1) is 19.8. The molecule has 1 saturated carbocycles. The molecule has 1 aliphatic carbocycles. The highest BCUT2D eigenvalue weighted by Crippen LogP contribution is 2.36. The van der Waals surface area contributed by atoms with E-state index in [0.29, 0.717) is 5.78 Å². The predicted molar refractivity (Wildman–Crippen MR) is 111 cm³/mol. The maximum Gasteiger partial charge on any atom is 0.142 e. The lowest BCUT2D eigenvalue weighted by Gasteiger charge is -2.31. The first-order valence-electron chi connectivity index (χ1n) is 10.3. The molecule has 0 radical (unpaired) electrons. The van der Waals surface area contributed by atoms with Crippen LogP contribution < -0.4 is 0 Å². The van der Waals surface area contributed by atoms with Crippen LogP contribution in [0.5, 0.6) is 0 Å². The van der Waals surface area contributed by atoms with Gasteiger partial charge in [0.2, 0.25) is 0 Å². The monoisotopic (exact) mass is 364 g/mol. The summed E-state index contributed by atoms with van der Waals surface area (Å²) in [6.07, 6.45) is 6.09. The molecule has 2 heteroatoms. The van der Waals surface area contributed by atoms with Gasteiger partial charge in [-0.2, -0.15) is 0 Å². The Morgan fingerprint density at radius 2 is 1.67 bits per heavy atom. The molecule has 1 fully saturated rings.